The van der Waals surface area contributed by atoms with Crippen molar-refractivity contribution >= 4 is 22.1 Å². The third kappa shape index (κ3) is 6.04. The van der Waals surface area contributed by atoms with E-state index in [1.807, 2.05) is 51.5 Å². The number of fused-ring (bicyclic) bond motifs is 2. The molecule has 0 spiro atoms. The summed E-state index contributed by atoms with van der Waals surface area (Å²) in [4.78, 5) is 8.72. The molecule has 0 aliphatic heterocycles. The molecule has 0 radical (unpaired) electrons. The van der Waals surface area contributed by atoms with Crippen molar-refractivity contribution < 1.29 is 0 Å². The van der Waals surface area contributed by atoms with Crippen molar-refractivity contribution in [1.82, 2.24) is 30.4 Å². The molecule has 43 heavy (non-hydrogen) atoms. The zero-order valence-electron chi connectivity index (χ0n) is 24.9. The summed E-state index contributed by atoms with van der Waals surface area (Å²) in [7, 11) is 0. The molecule has 6 rings (SSSR count). The predicted octanol–water partition coefficient (Wildman–Crippen LogP) is 7.54. The largest absolute Gasteiger partial charge is 0.330 e. The first-order valence-corrected chi connectivity index (χ1v) is 14.0. The number of rotatable bonds is 5. The Morgan fingerprint density at radius 1 is 0.744 bits per heavy atom. The number of nitriles is 1. The van der Waals surface area contributed by atoms with E-state index >= 15 is 0 Å². The fraction of sp³-hybridized carbons (Fsp3) is 0.286. The van der Waals surface area contributed by atoms with Crippen LogP contribution in [0.3, 0.4) is 0 Å². The van der Waals surface area contributed by atoms with Crippen LogP contribution in [0.15, 0.2) is 73.3 Å². The Hall–Kier alpha value is -4.87. The Bertz CT molecular complexity index is 1920. The average Bonchev–Trinajstić information content (AvgIpc) is 3.67. The number of nitrogens with two attached hydrogens (primary N) is 1. The Morgan fingerprint density at radius 3 is 1.67 bits per heavy atom. The molecule has 0 saturated carbocycles. The normalized spacial score (nSPS) is 11.5. The summed E-state index contributed by atoms with van der Waals surface area (Å²) < 4.78 is 0. The van der Waals surface area contributed by atoms with Crippen LogP contribution in [0.4, 0.5) is 0 Å². The van der Waals surface area contributed by atoms with Gasteiger partial charge in [0, 0.05) is 35.1 Å². The molecule has 4 N–H and O–H groups in total. The molecule has 220 valence electrons. The highest BCUT2D eigenvalue weighted by atomic mass is 15.1. The van der Waals surface area contributed by atoms with Crippen LogP contribution in [-0.4, -0.2) is 36.9 Å². The summed E-state index contributed by atoms with van der Waals surface area (Å²) in [5, 5.41) is 25.4. The number of nitrogens with zero attached hydrogens (tertiary/aromatic N) is 5. The Labute approximate surface area is 253 Å². The standard InChI is InChI=1S/C17H20N4.C17H16N4.CH4/c2*1-11-8-19-16-14(9-20-21-16)15(11)12-5-4-6-13(7-12)17(2,3)10-18;/h4-9H,10,18H2,1-3H3,(H,19,20,21);4-9H,1-3H3,(H,19,20,21);1H4. The number of nitrogens with one attached hydrogen (secondary N) is 2. The van der Waals surface area contributed by atoms with E-state index in [1.165, 1.54) is 16.7 Å². The summed E-state index contributed by atoms with van der Waals surface area (Å²) in [6, 6.07) is 19.1. The Kier molecular flexibility index (Phi) is 8.79. The maximum Gasteiger partial charge on any atom is 0.155 e. The summed E-state index contributed by atoms with van der Waals surface area (Å²) >= 11 is 0. The van der Waals surface area contributed by atoms with Gasteiger partial charge in [-0.15, -0.1) is 0 Å². The maximum absolute atomic E-state index is 9.33. The van der Waals surface area contributed by atoms with Crippen LogP contribution >= 0.6 is 0 Å². The van der Waals surface area contributed by atoms with Crippen LogP contribution in [0.5, 0.6) is 0 Å². The number of H-pyrrole nitrogens is 2. The van der Waals surface area contributed by atoms with Gasteiger partial charge in [0.25, 0.3) is 0 Å². The molecule has 0 atom stereocenters. The van der Waals surface area contributed by atoms with E-state index in [1.54, 1.807) is 6.20 Å². The average molecular weight is 573 g/mol. The molecule has 6 aromatic rings. The van der Waals surface area contributed by atoms with Gasteiger partial charge >= 0.3 is 0 Å². The van der Waals surface area contributed by atoms with E-state index in [-0.39, 0.29) is 12.8 Å². The van der Waals surface area contributed by atoms with Crippen molar-refractivity contribution in [2.24, 2.45) is 5.73 Å². The number of hydrogen-bond acceptors (Lipinski definition) is 6. The van der Waals surface area contributed by atoms with Gasteiger partial charge in [-0.3, -0.25) is 10.2 Å². The number of benzene rings is 2. The monoisotopic (exact) mass is 572 g/mol. The van der Waals surface area contributed by atoms with Crippen LogP contribution in [0, 0.1) is 25.2 Å². The van der Waals surface area contributed by atoms with Gasteiger partial charge in [-0.1, -0.05) is 63.7 Å². The molecule has 4 aromatic heterocycles. The van der Waals surface area contributed by atoms with E-state index in [4.69, 9.17) is 5.73 Å². The van der Waals surface area contributed by atoms with Gasteiger partial charge in [0.15, 0.2) is 11.3 Å². The van der Waals surface area contributed by atoms with E-state index in [0.717, 1.165) is 49.9 Å². The number of hydrogen-bond donors (Lipinski definition) is 3. The second-order valence-corrected chi connectivity index (χ2v) is 11.9. The number of aromatic nitrogens is 6. The third-order valence-corrected chi connectivity index (χ3v) is 7.94. The Morgan fingerprint density at radius 2 is 1.21 bits per heavy atom. The van der Waals surface area contributed by atoms with Gasteiger partial charge in [-0.05, 0) is 78.3 Å². The number of aryl methyl sites for hydroxylation is 2. The summed E-state index contributed by atoms with van der Waals surface area (Å²) in [5.41, 5.74) is 16.0. The predicted molar refractivity (Wildman–Crippen MR) is 176 cm³/mol. The second-order valence-electron chi connectivity index (χ2n) is 11.9. The maximum atomic E-state index is 9.33. The van der Waals surface area contributed by atoms with Crippen LogP contribution in [0.25, 0.3) is 44.3 Å². The van der Waals surface area contributed by atoms with Gasteiger partial charge in [0.2, 0.25) is 0 Å². The van der Waals surface area contributed by atoms with E-state index in [9.17, 15) is 5.26 Å². The first-order valence-electron chi connectivity index (χ1n) is 14.0. The molecule has 0 aliphatic rings. The van der Waals surface area contributed by atoms with E-state index in [2.05, 4.69) is 93.6 Å². The molecule has 8 nitrogen and oxygen atoms in total. The summed E-state index contributed by atoms with van der Waals surface area (Å²) in [6.45, 7) is 12.9. The lowest BCUT2D eigenvalue weighted by Crippen LogP contribution is -2.27. The molecular formula is C35H40N8. The van der Waals surface area contributed by atoms with Crippen LogP contribution in [0.2, 0.25) is 0 Å². The molecule has 0 amide bonds. The minimum Gasteiger partial charge on any atom is -0.330 e. The van der Waals surface area contributed by atoms with Crippen molar-refractivity contribution in [3.8, 4) is 28.3 Å². The van der Waals surface area contributed by atoms with Gasteiger partial charge in [0.05, 0.1) is 23.9 Å². The van der Waals surface area contributed by atoms with Crippen LogP contribution in [0.1, 0.15) is 57.4 Å². The molecule has 8 heteroatoms. The molecular weight excluding hydrogens is 532 g/mol. The van der Waals surface area contributed by atoms with Crippen molar-refractivity contribution in [3.05, 3.63) is 95.6 Å². The molecule has 0 saturated heterocycles. The quantitative estimate of drug-likeness (QED) is 0.195. The number of pyridine rings is 2. The lowest BCUT2D eigenvalue weighted by atomic mass is 9.83. The van der Waals surface area contributed by atoms with Gasteiger partial charge in [-0.2, -0.15) is 15.5 Å². The van der Waals surface area contributed by atoms with E-state index < -0.39 is 5.41 Å². The summed E-state index contributed by atoms with van der Waals surface area (Å²) in [5.74, 6) is 0. The lowest BCUT2D eigenvalue weighted by Gasteiger charge is -2.24. The van der Waals surface area contributed by atoms with Gasteiger partial charge in [-0.25, -0.2) is 9.97 Å². The smallest absolute Gasteiger partial charge is 0.155 e. The summed E-state index contributed by atoms with van der Waals surface area (Å²) in [6.07, 6.45) is 7.37. The molecule has 0 aliphatic carbocycles. The van der Waals surface area contributed by atoms with Crippen LogP contribution < -0.4 is 5.73 Å². The minimum atomic E-state index is -0.507. The zero-order valence-corrected chi connectivity index (χ0v) is 24.9. The topological polar surface area (TPSA) is 133 Å². The Balaban J connectivity index is 0.000000192. The third-order valence-electron chi connectivity index (χ3n) is 7.94. The highest BCUT2D eigenvalue weighted by molar-refractivity contribution is 5.95. The SMILES string of the molecule is C.Cc1cnc2[nH]ncc2c1-c1cccc(C(C)(C)C#N)c1.Cc1cnc2[nH]ncc2c1-c1cccc(C(C)(C)CN)c1. The fourth-order valence-electron chi connectivity index (χ4n) is 5.11. The van der Waals surface area contributed by atoms with Crippen molar-refractivity contribution in [3.63, 3.8) is 0 Å². The van der Waals surface area contributed by atoms with Crippen molar-refractivity contribution in [1.29, 1.82) is 5.26 Å². The second kappa shape index (κ2) is 12.2. The fourth-order valence-corrected chi connectivity index (χ4v) is 5.11. The minimum absolute atomic E-state index is 0. The first kappa shape index (κ1) is 31.1. The first-order chi connectivity index (χ1) is 20.1. The lowest BCUT2D eigenvalue weighted by molar-refractivity contribution is 0.539. The molecule has 0 bridgehead atoms. The van der Waals surface area contributed by atoms with Gasteiger partial charge in [0.1, 0.15) is 0 Å². The molecule has 0 fully saturated rings. The highest BCUT2D eigenvalue weighted by Crippen LogP contribution is 2.34. The number of aromatic amines is 2. The molecule has 4 heterocycles. The van der Waals surface area contributed by atoms with Crippen molar-refractivity contribution in [2.75, 3.05) is 6.54 Å². The zero-order chi connectivity index (χ0) is 30.1. The van der Waals surface area contributed by atoms with Crippen molar-refractivity contribution in [2.45, 2.75) is 59.8 Å². The van der Waals surface area contributed by atoms with E-state index in [0.29, 0.717) is 6.54 Å². The molecule has 2 aromatic carbocycles. The van der Waals surface area contributed by atoms with Crippen LogP contribution in [-0.2, 0) is 10.8 Å². The molecule has 0 unspecified atom stereocenters. The van der Waals surface area contributed by atoms with Gasteiger partial charge < -0.3 is 5.73 Å². The highest BCUT2D eigenvalue weighted by Gasteiger charge is 2.21.